The zero-order valence-corrected chi connectivity index (χ0v) is 31.3. The number of carbonyl (C=O) groups is 2. The van der Waals surface area contributed by atoms with Crippen molar-refractivity contribution >= 4 is 19.4 Å². The number of hydrogen-bond donors (Lipinski definition) is 3. The molecule has 0 rings (SSSR count). The van der Waals surface area contributed by atoms with Gasteiger partial charge in [0.25, 0.3) is 0 Å². The van der Waals surface area contributed by atoms with Crippen molar-refractivity contribution in [2.75, 3.05) is 40.9 Å². The lowest BCUT2D eigenvalue weighted by atomic mass is 9.82. The Bertz CT molecular complexity index is 778. The molecule has 0 aliphatic rings. The summed E-state index contributed by atoms with van der Waals surface area (Å²) < 4.78 is 24.1. The van der Waals surface area contributed by atoms with Crippen LogP contribution >= 0.6 is 7.82 Å². The molecule has 0 amide bonds. The second-order valence-corrected chi connectivity index (χ2v) is 15.6. The third-order valence-corrected chi connectivity index (χ3v) is 9.79. The molecule has 0 spiro atoms. The van der Waals surface area contributed by atoms with Crippen molar-refractivity contribution in [1.82, 2.24) is 0 Å². The van der Waals surface area contributed by atoms with Crippen molar-refractivity contribution in [3.63, 3.8) is 0 Å². The third kappa shape index (κ3) is 22.1. The normalized spacial score (nSPS) is 14.3. The van der Waals surface area contributed by atoms with Crippen molar-refractivity contribution in [2.24, 2.45) is 0 Å². The Morgan fingerprint density at radius 3 is 1.28 bits per heavy atom. The highest BCUT2D eigenvalue weighted by atomic mass is 31.2. The summed E-state index contributed by atoms with van der Waals surface area (Å²) in [5, 5.41) is 20.8. The van der Waals surface area contributed by atoms with Crippen molar-refractivity contribution in [3.8, 4) is 0 Å². The zero-order chi connectivity index (χ0) is 34.7. The fraction of sp³-hybridized carbons (Fsp3) is 0.944. The lowest BCUT2D eigenvalue weighted by molar-refractivity contribution is -0.870. The van der Waals surface area contributed by atoms with E-state index in [0.29, 0.717) is 23.9 Å². The first-order valence-corrected chi connectivity index (χ1v) is 20.2. The summed E-state index contributed by atoms with van der Waals surface area (Å²) in [6, 6.07) is 0. The van der Waals surface area contributed by atoms with E-state index in [2.05, 4.69) is 13.8 Å². The number of phosphoric acid groups is 1. The van der Waals surface area contributed by atoms with E-state index in [-0.39, 0.29) is 19.4 Å². The molecule has 46 heavy (non-hydrogen) atoms. The summed E-state index contributed by atoms with van der Waals surface area (Å²) in [5.74, 6) is -1.55. The minimum atomic E-state index is -4.93. The van der Waals surface area contributed by atoms with Gasteiger partial charge in [0, 0.05) is 12.8 Å². The number of carbonyl (C=O) groups excluding carboxylic acids is 2. The fourth-order valence-electron chi connectivity index (χ4n) is 5.73. The molecule has 0 aliphatic heterocycles. The minimum Gasteiger partial charge on any atom is -0.394 e. The van der Waals surface area contributed by atoms with E-state index in [1.807, 2.05) is 21.1 Å². The summed E-state index contributed by atoms with van der Waals surface area (Å²) >= 11 is 0. The number of quaternary nitrogens is 1. The molecule has 0 fully saturated rings. The van der Waals surface area contributed by atoms with Crippen molar-refractivity contribution in [3.05, 3.63) is 0 Å². The van der Waals surface area contributed by atoms with E-state index < -0.39 is 37.7 Å². The first kappa shape index (κ1) is 45.3. The molecule has 0 aromatic rings. The maximum atomic E-state index is 13.7. The predicted octanol–water partition coefficient (Wildman–Crippen LogP) is 8.46. The van der Waals surface area contributed by atoms with E-state index in [1.54, 1.807) is 0 Å². The van der Waals surface area contributed by atoms with Gasteiger partial charge in [0.2, 0.25) is 5.60 Å². The van der Waals surface area contributed by atoms with E-state index >= 15 is 0 Å². The van der Waals surface area contributed by atoms with Crippen LogP contribution in [0.1, 0.15) is 168 Å². The number of Topliss-reactive ketones (excluding diaryl/α,β-unsaturated/α-hetero) is 2. The highest BCUT2D eigenvalue weighted by molar-refractivity contribution is 7.47. The molecule has 0 saturated carbocycles. The molecule has 9 nitrogen and oxygen atoms in total. The van der Waals surface area contributed by atoms with Crippen molar-refractivity contribution in [2.45, 2.75) is 180 Å². The largest absolute Gasteiger partial charge is 0.473 e. The molecule has 0 aromatic carbocycles. The van der Waals surface area contributed by atoms with Gasteiger partial charge < -0.3 is 19.6 Å². The van der Waals surface area contributed by atoms with Gasteiger partial charge in [-0.25, -0.2) is 4.57 Å². The Morgan fingerprint density at radius 1 is 0.652 bits per heavy atom. The summed E-state index contributed by atoms with van der Waals surface area (Å²) in [7, 11) is 0.735. The first-order chi connectivity index (χ1) is 21.9. The molecule has 0 heterocycles. The van der Waals surface area contributed by atoms with Gasteiger partial charge in [0.05, 0.1) is 27.7 Å². The first-order valence-electron chi connectivity index (χ1n) is 18.7. The molecule has 0 bridgehead atoms. The summed E-state index contributed by atoms with van der Waals surface area (Å²) in [6.45, 7) is 3.69. The quantitative estimate of drug-likeness (QED) is 0.0268. The van der Waals surface area contributed by atoms with Gasteiger partial charge >= 0.3 is 7.82 Å². The van der Waals surface area contributed by atoms with Gasteiger partial charge in [-0.15, -0.1) is 0 Å². The molecular weight excluding hydrogens is 605 g/mol. The van der Waals surface area contributed by atoms with E-state index in [9.17, 15) is 29.3 Å². The van der Waals surface area contributed by atoms with E-state index in [1.165, 1.54) is 77.0 Å². The fourth-order valence-corrected chi connectivity index (χ4v) is 6.78. The zero-order valence-electron chi connectivity index (χ0n) is 30.4. The maximum Gasteiger partial charge on any atom is 0.473 e. The van der Waals surface area contributed by atoms with Crippen LogP contribution < -0.4 is 0 Å². The Labute approximate surface area is 282 Å². The van der Waals surface area contributed by atoms with Gasteiger partial charge in [-0.2, -0.15) is 0 Å². The standard InChI is InChI=1S/C36H72NO8P/c1-6-8-10-12-14-16-18-20-22-24-26-28-33(39)36(35(41)32-38,45-46(42,43)44-31-30-37(3,4)5)34(40)29-27-25-23-21-19-17-15-13-11-9-7-2/h35,38,41H,6-32H2,1-5H3/p+1. The molecule has 0 aromatic heterocycles. The number of likely N-dealkylation sites (N-methyl/N-ethyl adjacent to an activating group) is 1. The molecular formula is C36H73NO8P+. The Balaban J connectivity index is 5.21. The van der Waals surface area contributed by atoms with Crippen LogP contribution in [-0.4, -0.2) is 83.8 Å². The molecule has 0 radical (unpaired) electrons. The minimum absolute atomic E-state index is 0.100. The number of unbranched alkanes of at least 4 members (excludes halogenated alkanes) is 20. The molecule has 2 atom stereocenters. The van der Waals surface area contributed by atoms with Crippen LogP contribution in [0.3, 0.4) is 0 Å². The lowest BCUT2D eigenvalue weighted by Crippen LogP contribution is -2.58. The Hall–Kier alpha value is -0.670. The maximum absolute atomic E-state index is 13.7. The number of aliphatic hydroxyl groups excluding tert-OH is 2. The van der Waals surface area contributed by atoms with Crippen molar-refractivity contribution in [1.29, 1.82) is 0 Å². The summed E-state index contributed by atoms with van der Waals surface area (Å²) in [5.41, 5.74) is -2.65. The number of phosphoric ester groups is 1. The highest BCUT2D eigenvalue weighted by Crippen LogP contribution is 2.49. The second kappa shape index (κ2) is 27.2. The van der Waals surface area contributed by atoms with Gasteiger partial charge in [0.15, 0.2) is 11.6 Å². The molecule has 0 saturated heterocycles. The molecule has 10 heteroatoms. The van der Waals surface area contributed by atoms with Gasteiger partial charge in [-0.1, -0.05) is 142 Å². The number of rotatable bonds is 34. The monoisotopic (exact) mass is 679 g/mol. The smallest absolute Gasteiger partial charge is 0.394 e. The number of aliphatic hydroxyl groups is 2. The SMILES string of the molecule is CCCCCCCCCCCCCC(=O)C(OP(=O)(O)OCC[N+](C)(C)C)(C(=O)CCCCCCCCCCCCC)C(O)CO. The Kier molecular flexibility index (Phi) is 26.8. The van der Waals surface area contributed by atoms with Crippen LogP contribution in [0.15, 0.2) is 0 Å². The number of hydrogen-bond acceptors (Lipinski definition) is 7. The van der Waals surface area contributed by atoms with Crippen LogP contribution in [0.4, 0.5) is 0 Å². The number of ketones is 2. The molecule has 0 aliphatic carbocycles. The van der Waals surface area contributed by atoms with Crippen molar-refractivity contribution < 1.29 is 42.8 Å². The average molecular weight is 679 g/mol. The Morgan fingerprint density at radius 2 is 0.978 bits per heavy atom. The second-order valence-electron chi connectivity index (χ2n) is 14.3. The van der Waals surface area contributed by atoms with Crippen LogP contribution in [0.2, 0.25) is 0 Å². The van der Waals surface area contributed by atoms with Crippen LogP contribution in [0, 0.1) is 0 Å². The molecule has 274 valence electrons. The summed E-state index contributed by atoms with van der Waals surface area (Å²) in [4.78, 5) is 38.0. The number of nitrogens with zero attached hydrogens (tertiary/aromatic N) is 1. The highest BCUT2D eigenvalue weighted by Gasteiger charge is 2.55. The van der Waals surface area contributed by atoms with E-state index in [4.69, 9.17) is 9.05 Å². The van der Waals surface area contributed by atoms with Crippen LogP contribution in [0.5, 0.6) is 0 Å². The van der Waals surface area contributed by atoms with E-state index in [0.717, 1.165) is 51.4 Å². The van der Waals surface area contributed by atoms with Crippen LogP contribution in [-0.2, 0) is 23.2 Å². The topological polar surface area (TPSA) is 130 Å². The third-order valence-electron chi connectivity index (χ3n) is 8.76. The van der Waals surface area contributed by atoms with Gasteiger partial charge in [0.1, 0.15) is 19.3 Å². The van der Waals surface area contributed by atoms with Gasteiger partial charge in [-0.05, 0) is 12.8 Å². The summed E-state index contributed by atoms with van der Waals surface area (Å²) in [6.07, 6.45) is 21.7. The predicted molar refractivity (Wildman–Crippen MR) is 188 cm³/mol. The molecule has 2 unspecified atom stereocenters. The lowest BCUT2D eigenvalue weighted by Gasteiger charge is -2.35. The van der Waals surface area contributed by atoms with Gasteiger partial charge in [-0.3, -0.25) is 18.6 Å². The average Bonchev–Trinajstić information content (AvgIpc) is 2.99. The molecule has 3 N–H and O–H groups in total. The van der Waals surface area contributed by atoms with Crippen LogP contribution in [0.25, 0.3) is 0 Å².